The molecule has 0 saturated heterocycles. The van der Waals surface area contributed by atoms with E-state index in [4.69, 9.17) is 4.74 Å². The summed E-state index contributed by atoms with van der Waals surface area (Å²) in [6, 6.07) is 7.91. The van der Waals surface area contributed by atoms with Gasteiger partial charge in [0.25, 0.3) is 0 Å². The maximum absolute atomic E-state index is 11.7. The molecule has 0 fully saturated rings. The number of hydrogen-bond donors (Lipinski definition) is 2. The highest BCUT2D eigenvalue weighted by atomic mass is 16.5. The van der Waals surface area contributed by atoms with Gasteiger partial charge in [0.2, 0.25) is 5.91 Å². The summed E-state index contributed by atoms with van der Waals surface area (Å²) in [5.41, 5.74) is 1.17. The molecule has 0 heterocycles. The predicted molar refractivity (Wildman–Crippen MR) is 77.3 cm³/mol. The van der Waals surface area contributed by atoms with E-state index >= 15 is 0 Å². The van der Waals surface area contributed by atoms with E-state index in [0.717, 1.165) is 12.2 Å². The Bertz CT molecular complexity index is 390. The van der Waals surface area contributed by atoms with E-state index in [1.165, 1.54) is 5.56 Å². The SMILES string of the molecule is CCNC(=O)[C@@H](C)N[C@H](CC)c1ccc(OC)cc1. The summed E-state index contributed by atoms with van der Waals surface area (Å²) in [6.45, 7) is 6.57. The molecule has 0 spiro atoms. The van der Waals surface area contributed by atoms with Gasteiger partial charge >= 0.3 is 0 Å². The van der Waals surface area contributed by atoms with Gasteiger partial charge < -0.3 is 10.1 Å². The monoisotopic (exact) mass is 264 g/mol. The average Bonchev–Trinajstić information content (AvgIpc) is 2.45. The van der Waals surface area contributed by atoms with E-state index in [9.17, 15) is 4.79 Å². The Labute approximate surface area is 115 Å². The first-order chi connectivity index (χ1) is 9.12. The van der Waals surface area contributed by atoms with Gasteiger partial charge in [-0.3, -0.25) is 10.1 Å². The van der Waals surface area contributed by atoms with Crippen molar-refractivity contribution >= 4 is 5.91 Å². The fourth-order valence-electron chi connectivity index (χ4n) is 1.99. The Morgan fingerprint density at radius 1 is 1.26 bits per heavy atom. The number of hydrogen-bond acceptors (Lipinski definition) is 3. The van der Waals surface area contributed by atoms with Crippen molar-refractivity contribution in [3.63, 3.8) is 0 Å². The van der Waals surface area contributed by atoms with Crippen LogP contribution in [0.2, 0.25) is 0 Å². The molecule has 1 aromatic rings. The van der Waals surface area contributed by atoms with E-state index in [1.54, 1.807) is 7.11 Å². The molecule has 0 aliphatic carbocycles. The van der Waals surface area contributed by atoms with Crippen molar-refractivity contribution in [3.05, 3.63) is 29.8 Å². The standard InChI is InChI=1S/C15H24N2O2/c1-5-14(17-11(3)15(18)16-6-2)12-7-9-13(19-4)10-8-12/h7-11,14,17H,5-6H2,1-4H3,(H,16,18)/t11-,14-/m1/s1. The summed E-state index contributed by atoms with van der Waals surface area (Å²) in [5.74, 6) is 0.879. The molecule has 0 unspecified atom stereocenters. The largest absolute Gasteiger partial charge is 0.497 e. The first kappa shape index (κ1) is 15.5. The molecule has 19 heavy (non-hydrogen) atoms. The van der Waals surface area contributed by atoms with Gasteiger partial charge in [0.1, 0.15) is 5.75 Å². The van der Waals surface area contributed by atoms with Crippen LogP contribution in [-0.2, 0) is 4.79 Å². The Morgan fingerprint density at radius 2 is 1.89 bits per heavy atom. The molecule has 0 aromatic heterocycles. The molecule has 0 saturated carbocycles. The number of carbonyl (C=O) groups is 1. The molecule has 0 aliphatic heterocycles. The number of nitrogens with one attached hydrogen (secondary N) is 2. The molecule has 1 amide bonds. The molecule has 2 atom stereocenters. The topological polar surface area (TPSA) is 50.4 Å². The lowest BCUT2D eigenvalue weighted by Crippen LogP contribution is -2.43. The lowest BCUT2D eigenvalue weighted by Gasteiger charge is -2.22. The van der Waals surface area contributed by atoms with Crippen molar-refractivity contribution in [3.8, 4) is 5.75 Å². The summed E-state index contributed by atoms with van der Waals surface area (Å²) in [6.07, 6.45) is 0.927. The molecule has 0 radical (unpaired) electrons. The third kappa shape index (κ3) is 4.56. The van der Waals surface area contributed by atoms with Crippen molar-refractivity contribution in [1.82, 2.24) is 10.6 Å². The number of carbonyl (C=O) groups excluding carboxylic acids is 1. The quantitative estimate of drug-likeness (QED) is 0.794. The van der Waals surface area contributed by atoms with Gasteiger partial charge in [0.05, 0.1) is 13.2 Å². The smallest absolute Gasteiger partial charge is 0.236 e. The highest BCUT2D eigenvalue weighted by Crippen LogP contribution is 2.20. The molecule has 1 aromatic carbocycles. The highest BCUT2D eigenvalue weighted by Gasteiger charge is 2.17. The number of amides is 1. The van der Waals surface area contributed by atoms with Gasteiger partial charge in [-0.25, -0.2) is 0 Å². The van der Waals surface area contributed by atoms with Crippen molar-refractivity contribution in [2.45, 2.75) is 39.3 Å². The van der Waals surface area contributed by atoms with Gasteiger partial charge in [-0.2, -0.15) is 0 Å². The van der Waals surface area contributed by atoms with Crippen LogP contribution in [0.3, 0.4) is 0 Å². The van der Waals surface area contributed by atoms with Gasteiger partial charge in [-0.05, 0) is 38.0 Å². The molecule has 4 nitrogen and oxygen atoms in total. The maximum atomic E-state index is 11.7. The molecule has 0 aliphatic rings. The summed E-state index contributed by atoms with van der Waals surface area (Å²) in [7, 11) is 1.65. The number of rotatable bonds is 7. The van der Waals surface area contributed by atoms with Crippen LogP contribution < -0.4 is 15.4 Å². The second-order valence-corrected chi connectivity index (χ2v) is 4.52. The summed E-state index contributed by atoms with van der Waals surface area (Å²) < 4.78 is 5.15. The molecule has 106 valence electrons. The fourth-order valence-corrected chi connectivity index (χ4v) is 1.99. The van der Waals surface area contributed by atoms with Crippen LogP contribution in [0.1, 0.15) is 38.8 Å². The van der Waals surface area contributed by atoms with E-state index in [0.29, 0.717) is 6.54 Å². The summed E-state index contributed by atoms with van der Waals surface area (Å²) in [5, 5.41) is 6.18. The van der Waals surface area contributed by atoms with E-state index in [1.807, 2.05) is 38.1 Å². The van der Waals surface area contributed by atoms with Crippen molar-refractivity contribution < 1.29 is 9.53 Å². The summed E-state index contributed by atoms with van der Waals surface area (Å²) in [4.78, 5) is 11.7. The molecule has 2 N–H and O–H groups in total. The first-order valence-corrected chi connectivity index (χ1v) is 6.80. The molecular weight excluding hydrogens is 240 g/mol. The summed E-state index contributed by atoms with van der Waals surface area (Å²) >= 11 is 0. The Morgan fingerprint density at radius 3 is 2.37 bits per heavy atom. The predicted octanol–water partition coefficient (Wildman–Crippen LogP) is 2.26. The molecule has 0 bridgehead atoms. The lowest BCUT2D eigenvalue weighted by molar-refractivity contribution is -0.122. The fraction of sp³-hybridized carbons (Fsp3) is 0.533. The third-order valence-electron chi connectivity index (χ3n) is 3.12. The first-order valence-electron chi connectivity index (χ1n) is 6.80. The number of ether oxygens (including phenoxy) is 1. The second kappa shape index (κ2) is 7.79. The van der Waals surface area contributed by atoms with Crippen LogP contribution in [0, 0.1) is 0 Å². The van der Waals surface area contributed by atoms with Crippen LogP contribution in [0.5, 0.6) is 5.75 Å². The minimum absolute atomic E-state index is 0.0365. The molecule has 1 rings (SSSR count). The molecular formula is C15H24N2O2. The van der Waals surface area contributed by atoms with E-state index in [2.05, 4.69) is 17.6 Å². The lowest BCUT2D eigenvalue weighted by atomic mass is 10.0. The van der Waals surface area contributed by atoms with E-state index in [-0.39, 0.29) is 18.0 Å². The zero-order chi connectivity index (χ0) is 14.3. The number of benzene rings is 1. The van der Waals surface area contributed by atoms with Crippen LogP contribution in [0.4, 0.5) is 0 Å². The maximum Gasteiger partial charge on any atom is 0.236 e. The van der Waals surface area contributed by atoms with Gasteiger partial charge in [0.15, 0.2) is 0 Å². The molecule has 4 heteroatoms. The minimum atomic E-state index is -0.202. The van der Waals surface area contributed by atoms with Gasteiger partial charge in [0, 0.05) is 12.6 Å². The zero-order valence-corrected chi connectivity index (χ0v) is 12.2. The second-order valence-electron chi connectivity index (χ2n) is 4.52. The third-order valence-corrected chi connectivity index (χ3v) is 3.12. The normalized spacial score (nSPS) is 13.7. The van der Waals surface area contributed by atoms with Crippen molar-refractivity contribution in [2.24, 2.45) is 0 Å². The van der Waals surface area contributed by atoms with Gasteiger partial charge in [-0.15, -0.1) is 0 Å². The van der Waals surface area contributed by atoms with Crippen LogP contribution in [0.15, 0.2) is 24.3 Å². The van der Waals surface area contributed by atoms with Crippen LogP contribution in [0.25, 0.3) is 0 Å². The zero-order valence-electron chi connectivity index (χ0n) is 12.2. The van der Waals surface area contributed by atoms with Gasteiger partial charge in [-0.1, -0.05) is 19.1 Å². The number of methoxy groups -OCH3 is 1. The highest BCUT2D eigenvalue weighted by molar-refractivity contribution is 5.81. The van der Waals surface area contributed by atoms with Crippen molar-refractivity contribution in [1.29, 1.82) is 0 Å². The van der Waals surface area contributed by atoms with E-state index < -0.39 is 0 Å². The number of likely N-dealkylation sites (N-methyl/N-ethyl adjacent to an activating group) is 1. The average molecular weight is 264 g/mol. The van der Waals surface area contributed by atoms with Crippen molar-refractivity contribution in [2.75, 3.05) is 13.7 Å². The Kier molecular flexibility index (Phi) is 6.36. The minimum Gasteiger partial charge on any atom is -0.497 e. The Balaban J connectivity index is 2.68. The van der Waals surface area contributed by atoms with Crippen LogP contribution in [-0.4, -0.2) is 25.6 Å². The Hall–Kier alpha value is -1.55. The van der Waals surface area contributed by atoms with Crippen LogP contribution >= 0.6 is 0 Å².